The third kappa shape index (κ3) is 19.9. The van der Waals surface area contributed by atoms with Gasteiger partial charge in [0.2, 0.25) is 0 Å². The second kappa shape index (κ2) is 20.9. The molecule has 0 aliphatic rings. The van der Waals surface area contributed by atoms with Crippen LogP contribution >= 0.6 is 0 Å². The summed E-state index contributed by atoms with van der Waals surface area (Å²) in [6, 6.07) is 0. The molecule has 0 saturated heterocycles. The van der Waals surface area contributed by atoms with Gasteiger partial charge in [-0.05, 0) is 19.4 Å². The van der Waals surface area contributed by atoms with Crippen LogP contribution in [-0.4, -0.2) is 37.5 Å². The molecule has 0 radical (unpaired) electrons. The lowest BCUT2D eigenvalue weighted by Gasteiger charge is -2.12. The number of aliphatic hydroxyl groups excluding tert-OH is 1. The van der Waals surface area contributed by atoms with Crippen LogP contribution < -0.4 is 5.32 Å². The van der Waals surface area contributed by atoms with Crippen molar-refractivity contribution in [3.8, 4) is 0 Å². The van der Waals surface area contributed by atoms with Gasteiger partial charge in [0.1, 0.15) is 0 Å². The van der Waals surface area contributed by atoms with Crippen LogP contribution in [0.2, 0.25) is 0 Å². The molecule has 1 unspecified atom stereocenters. The van der Waals surface area contributed by atoms with Crippen molar-refractivity contribution in [1.82, 2.24) is 5.32 Å². The molecule has 0 fully saturated rings. The summed E-state index contributed by atoms with van der Waals surface area (Å²) >= 11 is 0. The van der Waals surface area contributed by atoms with Gasteiger partial charge in [0.05, 0.1) is 12.7 Å². The molecule has 3 heteroatoms. The van der Waals surface area contributed by atoms with Crippen LogP contribution in [0, 0.1) is 0 Å². The average molecular weight is 344 g/mol. The lowest BCUT2D eigenvalue weighted by molar-refractivity contribution is 0.0355. The van der Waals surface area contributed by atoms with Crippen LogP contribution in [0.5, 0.6) is 0 Å². The first-order valence-corrected chi connectivity index (χ1v) is 10.8. The van der Waals surface area contributed by atoms with Crippen molar-refractivity contribution < 1.29 is 9.84 Å². The molecular formula is C21H45NO2. The summed E-state index contributed by atoms with van der Waals surface area (Å²) in [4.78, 5) is 0. The van der Waals surface area contributed by atoms with Crippen molar-refractivity contribution >= 4 is 0 Å². The lowest BCUT2D eigenvalue weighted by Crippen LogP contribution is -2.31. The molecule has 146 valence electrons. The summed E-state index contributed by atoms with van der Waals surface area (Å²) in [6.45, 7) is 7.45. The molecule has 0 amide bonds. The topological polar surface area (TPSA) is 41.5 Å². The number of rotatable bonds is 20. The fourth-order valence-electron chi connectivity index (χ4n) is 2.92. The number of aliphatic hydroxyl groups is 1. The molecule has 0 rings (SSSR count). The van der Waals surface area contributed by atoms with Gasteiger partial charge < -0.3 is 15.2 Å². The molecule has 1 atom stereocenters. The van der Waals surface area contributed by atoms with Crippen molar-refractivity contribution in [2.45, 2.75) is 110 Å². The van der Waals surface area contributed by atoms with E-state index in [1.54, 1.807) is 0 Å². The summed E-state index contributed by atoms with van der Waals surface area (Å²) in [5.74, 6) is 0. The number of ether oxygens (including phenoxy) is 1. The summed E-state index contributed by atoms with van der Waals surface area (Å²) in [6.07, 6.45) is 18.1. The van der Waals surface area contributed by atoms with Gasteiger partial charge in [-0.1, -0.05) is 90.9 Å². The standard InChI is InChI=1S/C21H45NO2/c1-3-5-7-9-11-12-13-15-17-22-19-21(23)20-24-18-16-14-10-8-6-4-2/h21-23H,3-20H2,1-2H3. The van der Waals surface area contributed by atoms with E-state index in [0.29, 0.717) is 13.2 Å². The minimum absolute atomic E-state index is 0.362. The normalized spacial score (nSPS) is 12.6. The molecule has 0 aliphatic heterocycles. The van der Waals surface area contributed by atoms with Gasteiger partial charge >= 0.3 is 0 Å². The van der Waals surface area contributed by atoms with Crippen LogP contribution in [0.15, 0.2) is 0 Å². The predicted molar refractivity (Wildman–Crippen MR) is 106 cm³/mol. The van der Waals surface area contributed by atoms with E-state index in [1.165, 1.54) is 83.5 Å². The maximum Gasteiger partial charge on any atom is 0.0897 e. The van der Waals surface area contributed by atoms with E-state index in [1.807, 2.05) is 0 Å². The Morgan fingerprint density at radius 2 is 1.21 bits per heavy atom. The summed E-state index contributed by atoms with van der Waals surface area (Å²) < 4.78 is 5.55. The zero-order valence-corrected chi connectivity index (χ0v) is 16.7. The first-order valence-electron chi connectivity index (χ1n) is 10.8. The van der Waals surface area contributed by atoms with E-state index in [4.69, 9.17) is 4.74 Å². The van der Waals surface area contributed by atoms with E-state index in [9.17, 15) is 5.11 Å². The Morgan fingerprint density at radius 3 is 1.79 bits per heavy atom. The molecule has 0 aromatic carbocycles. The van der Waals surface area contributed by atoms with Gasteiger partial charge in [0.25, 0.3) is 0 Å². The maximum atomic E-state index is 9.86. The molecule has 0 heterocycles. The van der Waals surface area contributed by atoms with Crippen molar-refractivity contribution in [3.05, 3.63) is 0 Å². The SMILES string of the molecule is CCCCCCCCCCNCC(O)COCCCCCCCC. The highest BCUT2D eigenvalue weighted by Crippen LogP contribution is 2.08. The third-order valence-corrected chi connectivity index (χ3v) is 4.54. The Bertz CT molecular complexity index is 224. The number of hydrogen-bond acceptors (Lipinski definition) is 3. The van der Waals surface area contributed by atoms with Crippen molar-refractivity contribution in [3.63, 3.8) is 0 Å². The predicted octanol–water partition coefficient (Wildman–Crippen LogP) is 5.45. The number of unbranched alkanes of at least 4 members (excludes halogenated alkanes) is 12. The number of hydrogen-bond donors (Lipinski definition) is 2. The molecule has 0 aromatic heterocycles. The van der Waals surface area contributed by atoms with E-state index < -0.39 is 0 Å². The summed E-state index contributed by atoms with van der Waals surface area (Å²) in [5, 5.41) is 13.2. The van der Waals surface area contributed by atoms with E-state index in [0.717, 1.165) is 19.6 Å². The summed E-state index contributed by atoms with van der Waals surface area (Å²) in [5.41, 5.74) is 0. The summed E-state index contributed by atoms with van der Waals surface area (Å²) in [7, 11) is 0. The second-order valence-corrected chi connectivity index (χ2v) is 7.18. The zero-order valence-electron chi connectivity index (χ0n) is 16.7. The molecule has 0 spiro atoms. The maximum absolute atomic E-state index is 9.86. The third-order valence-electron chi connectivity index (χ3n) is 4.54. The van der Waals surface area contributed by atoms with Crippen LogP contribution in [0.25, 0.3) is 0 Å². The highest BCUT2D eigenvalue weighted by Gasteiger charge is 2.03. The van der Waals surface area contributed by atoms with Crippen LogP contribution in [0.1, 0.15) is 104 Å². The molecule has 0 saturated carbocycles. The van der Waals surface area contributed by atoms with Crippen molar-refractivity contribution in [2.75, 3.05) is 26.3 Å². The molecule has 24 heavy (non-hydrogen) atoms. The van der Waals surface area contributed by atoms with E-state index in [2.05, 4.69) is 19.2 Å². The Balaban J connectivity index is 3.11. The number of nitrogens with one attached hydrogen (secondary N) is 1. The second-order valence-electron chi connectivity index (χ2n) is 7.18. The molecule has 0 aliphatic carbocycles. The average Bonchev–Trinajstić information content (AvgIpc) is 2.59. The van der Waals surface area contributed by atoms with Crippen molar-refractivity contribution in [2.24, 2.45) is 0 Å². The van der Waals surface area contributed by atoms with Crippen LogP contribution in [-0.2, 0) is 4.74 Å². The fourth-order valence-corrected chi connectivity index (χ4v) is 2.92. The molecule has 0 aromatic rings. The quantitative estimate of drug-likeness (QED) is 0.289. The van der Waals surface area contributed by atoms with Gasteiger partial charge in [0.15, 0.2) is 0 Å². The minimum atomic E-state index is -0.362. The fraction of sp³-hybridized carbons (Fsp3) is 1.00. The first kappa shape index (κ1) is 23.9. The van der Waals surface area contributed by atoms with E-state index >= 15 is 0 Å². The Morgan fingerprint density at radius 1 is 0.708 bits per heavy atom. The molecule has 0 bridgehead atoms. The first-order chi connectivity index (χ1) is 11.8. The van der Waals surface area contributed by atoms with E-state index in [-0.39, 0.29) is 6.10 Å². The van der Waals surface area contributed by atoms with Crippen LogP contribution in [0.4, 0.5) is 0 Å². The largest absolute Gasteiger partial charge is 0.389 e. The monoisotopic (exact) mass is 343 g/mol. The Labute approximate surface area is 151 Å². The lowest BCUT2D eigenvalue weighted by atomic mass is 10.1. The highest BCUT2D eigenvalue weighted by molar-refractivity contribution is 4.59. The molecule has 2 N–H and O–H groups in total. The van der Waals surface area contributed by atoms with Gasteiger partial charge in [-0.3, -0.25) is 0 Å². The molecular weight excluding hydrogens is 298 g/mol. The van der Waals surface area contributed by atoms with Gasteiger partial charge in [0, 0.05) is 13.2 Å². The van der Waals surface area contributed by atoms with Gasteiger partial charge in [-0.15, -0.1) is 0 Å². The highest BCUT2D eigenvalue weighted by atomic mass is 16.5. The Hall–Kier alpha value is -0.120. The smallest absolute Gasteiger partial charge is 0.0897 e. The van der Waals surface area contributed by atoms with Gasteiger partial charge in [-0.25, -0.2) is 0 Å². The molecule has 3 nitrogen and oxygen atoms in total. The van der Waals surface area contributed by atoms with Crippen molar-refractivity contribution in [1.29, 1.82) is 0 Å². The van der Waals surface area contributed by atoms with Crippen LogP contribution in [0.3, 0.4) is 0 Å². The Kier molecular flexibility index (Phi) is 20.8. The van der Waals surface area contributed by atoms with Gasteiger partial charge in [-0.2, -0.15) is 0 Å². The zero-order chi connectivity index (χ0) is 17.7. The minimum Gasteiger partial charge on any atom is -0.389 e.